The molecule has 0 amide bonds. The van der Waals surface area contributed by atoms with Crippen LogP contribution in [0.5, 0.6) is 0 Å². The topological polar surface area (TPSA) is 20.3 Å². The van der Waals surface area contributed by atoms with E-state index >= 15 is 0 Å². The molecule has 1 heterocycles. The molecule has 2 aromatic carbocycles. The molecular formula is C17H16FNO. The van der Waals surface area contributed by atoms with E-state index in [1.54, 1.807) is 12.1 Å². The number of anilines is 1. The van der Waals surface area contributed by atoms with Crippen LogP contribution in [0.3, 0.4) is 0 Å². The molecule has 3 rings (SSSR count). The molecule has 2 aromatic rings. The van der Waals surface area contributed by atoms with E-state index in [9.17, 15) is 9.18 Å². The Morgan fingerprint density at radius 3 is 2.65 bits per heavy atom. The predicted octanol–water partition coefficient (Wildman–Crippen LogP) is 3.46. The number of Topliss-reactive ketones (excluding diaryl/α,β-unsaturated/α-hetero) is 1. The maximum absolute atomic E-state index is 12.9. The first-order valence-electron chi connectivity index (χ1n) is 6.78. The van der Waals surface area contributed by atoms with Crippen LogP contribution >= 0.6 is 0 Å². The molecule has 0 fully saturated rings. The summed E-state index contributed by atoms with van der Waals surface area (Å²) in [6, 6.07) is 14.2. The van der Waals surface area contributed by atoms with Crippen molar-refractivity contribution in [1.29, 1.82) is 0 Å². The number of carbonyl (C=O) groups is 1. The summed E-state index contributed by atoms with van der Waals surface area (Å²) in [4.78, 5) is 14.4. The Morgan fingerprint density at radius 1 is 1.20 bits per heavy atom. The third-order valence-corrected chi connectivity index (χ3v) is 3.83. The van der Waals surface area contributed by atoms with Crippen LogP contribution in [0.1, 0.15) is 22.8 Å². The van der Waals surface area contributed by atoms with Gasteiger partial charge in [0.1, 0.15) is 5.82 Å². The van der Waals surface area contributed by atoms with Gasteiger partial charge < -0.3 is 4.90 Å². The minimum atomic E-state index is -0.318. The van der Waals surface area contributed by atoms with Gasteiger partial charge in [0.2, 0.25) is 0 Å². The molecule has 0 spiro atoms. The van der Waals surface area contributed by atoms with E-state index in [-0.39, 0.29) is 11.6 Å². The zero-order valence-corrected chi connectivity index (χ0v) is 11.3. The van der Waals surface area contributed by atoms with Crippen LogP contribution in [0, 0.1) is 5.82 Å². The maximum atomic E-state index is 12.9. The Balaban J connectivity index is 1.81. The highest BCUT2D eigenvalue weighted by molar-refractivity contribution is 5.99. The molecule has 0 bridgehead atoms. The number of benzene rings is 2. The van der Waals surface area contributed by atoms with Gasteiger partial charge in [-0.2, -0.15) is 0 Å². The van der Waals surface area contributed by atoms with E-state index in [2.05, 4.69) is 24.0 Å². The number of hydrogen-bond acceptors (Lipinski definition) is 2. The molecule has 20 heavy (non-hydrogen) atoms. The summed E-state index contributed by atoms with van der Waals surface area (Å²) >= 11 is 0. The molecule has 1 atom stereocenters. The van der Waals surface area contributed by atoms with Crippen LogP contribution in [0.4, 0.5) is 10.1 Å². The Labute approximate surface area is 117 Å². The molecule has 3 heteroatoms. The third-order valence-electron chi connectivity index (χ3n) is 3.83. The van der Waals surface area contributed by atoms with Gasteiger partial charge in [-0.05, 0) is 49.2 Å². The smallest absolute Gasteiger partial charge is 0.182 e. The van der Waals surface area contributed by atoms with Gasteiger partial charge in [-0.15, -0.1) is 0 Å². The largest absolute Gasteiger partial charge is 0.361 e. The summed E-state index contributed by atoms with van der Waals surface area (Å²) in [5, 5.41) is 0. The Hall–Kier alpha value is -2.16. The van der Waals surface area contributed by atoms with Crippen LogP contribution in [0.2, 0.25) is 0 Å². The fourth-order valence-electron chi connectivity index (χ4n) is 2.75. The molecule has 1 aliphatic heterocycles. The van der Waals surface area contributed by atoms with Gasteiger partial charge in [0.05, 0.1) is 6.54 Å². The van der Waals surface area contributed by atoms with E-state index in [0.29, 0.717) is 18.2 Å². The van der Waals surface area contributed by atoms with Gasteiger partial charge in [-0.25, -0.2) is 4.39 Å². The van der Waals surface area contributed by atoms with Crippen molar-refractivity contribution in [3.63, 3.8) is 0 Å². The van der Waals surface area contributed by atoms with Gasteiger partial charge in [-0.1, -0.05) is 18.2 Å². The number of nitrogens with zero attached hydrogens (tertiary/aromatic N) is 1. The molecule has 0 radical (unpaired) electrons. The summed E-state index contributed by atoms with van der Waals surface area (Å²) in [6.45, 7) is 2.46. The van der Waals surface area contributed by atoms with Crippen molar-refractivity contribution >= 4 is 11.5 Å². The van der Waals surface area contributed by atoms with E-state index < -0.39 is 0 Å². The number of carbonyl (C=O) groups excluding carboxylic acids is 1. The minimum Gasteiger partial charge on any atom is -0.361 e. The van der Waals surface area contributed by atoms with Crippen LogP contribution in [-0.2, 0) is 6.42 Å². The summed E-state index contributed by atoms with van der Waals surface area (Å²) in [6.07, 6.45) is 0.965. The van der Waals surface area contributed by atoms with Crippen LogP contribution < -0.4 is 4.90 Å². The lowest BCUT2D eigenvalue weighted by atomic mass is 10.1. The molecule has 1 aliphatic rings. The van der Waals surface area contributed by atoms with Crippen molar-refractivity contribution in [1.82, 2.24) is 0 Å². The van der Waals surface area contributed by atoms with Crippen LogP contribution in [0.15, 0.2) is 48.5 Å². The molecule has 0 saturated carbocycles. The maximum Gasteiger partial charge on any atom is 0.182 e. The van der Waals surface area contributed by atoms with E-state index in [1.165, 1.54) is 17.7 Å². The monoisotopic (exact) mass is 269 g/mol. The lowest BCUT2D eigenvalue weighted by Gasteiger charge is -2.24. The van der Waals surface area contributed by atoms with Crippen molar-refractivity contribution in [3.05, 3.63) is 65.5 Å². The number of fused-ring (bicyclic) bond motifs is 1. The first-order valence-corrected chi connectivity index (χ1v) is 6.78. The summed E-state index contributed by atoms with van der Waals surface area (Å²) in [5.41, 5.74) is 2.98. The van der Waals surface area contributed by atoms with Crippen LogP contribution in [0.25, 0.3) is 0 Å². The van der Waals surface area contributed by atoms with Gasteiger partial charge >= 0.3 is 0 Å². The Kier molecular flexibility index (Phi) is 3.26. The second kappa shape index (κ2) is 5.08. The number of hydrogen-bond donors (Lipinski definition) is 0. The standard InChI is InChI=1S/C17H16FNO/c1-12-10-14-4-2-3-5-16(14)19(12)11-17(20)13-6-8-15(18)9-7-13/h2-9,12H,10-11H2,1H3. The highest BCUT2D eigenvalue weighted by Gasteiger charge is 2.27. The quantitative estimate of drug-likeness (QED) is 0.795. The molecule has 2 nitrogen and oxygen atoms in total. The van der Waals surface area contributed by atoms with E-state index in [4.69, 9.17) is 0 Å². The van der Waals surface area contributed by atoms with Gasteiger partial charge in [0, 0.05) is 17.3 Å². The second-order valence-electron chi connectivity index (χ2n) is 5.24. The van der Waals surface area contributed by atoms with Gasteiger partial charge in [-0.3, -0.25) is 4.79 Å². The van der Waals surface area contributed by atoms with Crippen LogP contribution in [-0.4, -0.2) is 18.4 Å². The lowest BCUT2D eigenvalue weighted by molar-refractivity contribution is 0.0997. The van der Waals surface area contributed by atoms with Crippen molar-refractivity contribution in [3.8, 4) is 0 Å². The van der Waals surface area contributed by atoms with E-state index in [0.717, 1.165) is 12.1 Å². The highest BCUT2D eigenvalue weighted by Crippen LogP contribution is 2.31. The normalized spacial score (nSPS) is 17.1. The van der Waals surface area contributed by atoms with Crippen molar-refractivity contribution in [2.75, 3.05) is 11.4 Å². The Bertz CT molecular complexity index is 636. The Morgan fingerprint density at radius 2 is 1.90 bits per heavy atom. The number of para-hydroxylation sites is 1. The number of ketones is 1. The first kappa shape index (κ1) is 12.9. The highest BCUT2D eigenvalue weighted by atomic mass is 19.1. The fraction of sp³-hybridized carbons (Fsp3) is 0.235. The molecule has 0 N–H and O–H groups in total. The van der Waals surface area contributed by atoms with Crippen molar-refractivity contribution in [2.45, 2.75) is 19.4 Å². The SMILES string of the molecule is CC1Cc2ccccc2N1CC(=O)c1ccc(F)cc1. The molecule has 0 aromatic heterocycles. The van der Waals surface area contributed by atoms with E-state index in [1.807, 2.05) is 12.1 Å². The number of rotatable bonds is 3. The molecule has 102 valence electrons. The zero-order chi connectivity index (χ0) is 14.1. The lowest BCUT2D eigenvalue weighted by Crippen LogP contribution is -2.34. The molecular weight excluding hydrogens is 253 g/mol. The molecule has 0 aliphatic carbocycles. The zero-order valence-electron chi connectivity index (χ0n) is 11.3. The minimum absolute atomic E-state index is 0.0218. The van der Waals surface area contributed by atoms with Gasteiger partial charge in [0.15, 0.2) is 5.78 Å². The third kappa shape index (κ3) is 2.31. The fourth-order valence-corrected chi connectivity index (χ4v) is 2.75. The average Bonchev–Trinajstić information content (AvgIpc) is 2.76. The average molecular weight is 269 g/mol. The summed E-state index contributed by atoms with van der Waals surface area (Å²) < 4.78 is 12.9. The number of halogens is 1. The predicted molar refractivity (Wildman–Crippen MR) is 77.7 cm³/mol. The van der Waals surface area contributed by atoms with Gasteiger partial charge in [0.25, 0.3) is 0 Å². The summed E-state index contributed by atoms with van der Waals surface area (Å²) in [7, 11) is 0. The van der Waals surface area contributed by atoms with Crippen molar-refractivity contribution in [2.24, 2.45) is 0 Å². The molecule has 1 unspecified atom stereocenters. The molecule has 0 saturated heterocycles. The summed E-state index contributed by atoms with van der Waals surface area (Å²) in [5.74, 6) is -0.296. The second-order valence-corrected chi connectivity index (χ2v) is 5.24. The first-order chi connectivity index (χ1) is 9.65. The van der Waals surface area contributed by atoms with Crippen molar-refractivity contribution < 1.29 is 9.18 Å².